The topological polar surface area (TPSA) is 59.8 Å². The Kier molecular flexibility index (Phi) is 6.96. The Morgan fingerprint density at radius 1 is 1.41 bits per heavy atom. The maximum atomic E-state index is 12.4. The fourth-order valence-corrected chi connectivity index (χ4v) is 4.09. The zero-order valence-electron chi connectivity index (χ0n) is 15.7. The van der Waals surface area contributed by atoms with Crippen LogP contribution in [-0.4, -0.2) is 32.5 Å². The van der Waals surface area contributed by atoms with Crippen molar-refractivity contribution in [3.8, 4) is 5.69 Å². The molecule has 7 heteroatoms. The zero-order chi connectivity index (χ0) is 19.2. The molecule has 1 atom stereocenters. The van der Waals surface area contributed by atoms with Crippen LogP contribution in [0.1, 0.15) is 44.6 Å². The summed E-state index contributed by atoms with van der Waals surface area (Å²) in [6.45, 7) is 4.54. The van der Waals surface area contributed by atoms with E-state index in [1.165, 1.54) is 43.0 Å². The first-order valence-electron chi connectivity index (χ1n) is 9.33. The Labute approximate surface area is 169 Å². The predicted octanol–water partition coefficient (Wildman–Crippen LogP) is 4.72. The molecule has 1 unspecified atom stereocenters. The Morgan fingerprint density at radius 2 is 2.26 bits per heavy atom. The van der Waals surface area contributed by atoms with Gasteiger partial charge in [-0.3, -0.25) is 9.36 Å². The first-order valence-corrected chi connectivity index (χ1v) is 10.6. The summed E-state index contributed by atoms with van der Waals surface area (Å²) < 4.78 is 1.85. The number of rotatable bonds is 7. The third-order valence-corrected chi connectivity index (χ3v) is 6.20. The van der Waals surface area contributed by atoms with Gasteiger partial charge in [0.05, 0.1) is 10.9 Å². The molecule has 5 nitrogen and oxygen atoms in total. The third-order valence-electron chi connectivity index (χ3n) is 4.73. The molecule has 0 bridgehead atoms. The number of thioether (sulfide) groups is 1. The molecule has 1 heterocycles. The molecular formula is C20H25ClN4OS. The van der Waals surface area contributed by atoms with E-state index in [9.17, 15) is 4.79 Å². The normalized spacial score (nSPS) is 15.3. The van der Waals surface area contributed by atoms with Crippen molar-refractivity contribution in [2.75, 3.05) is 6.54 Å². The Bertz CT molecular complexity index is 833. The molecule has 0 saturated carbocycles. The molecule has 1 aliphatic carbocycles. The van der Waals surface area contributed by atoms with Crippen molar-refractivity contribution in [2.45, 2.75) is 56.4 Å². The lowest BCUT2D eigenvalue weighted by Gasteiger charge is -2.15. The van der Waals surface area contributed by atoms with E-state index in [1.807, 2.05) is 36.6 Å². The van der Waals surface area contributed by atoms with Gasteiger partial charge < -0.3 is 5.32 Å². The van der Waals surface area contributed by atoms with E-state index >= 15 is 0 Å². The van der Waals surface area contributed by atoms with Gasteiger partial charge in [0.2, 0.25) is 5.91 Å². The van der Waals surface area contributed by atoms with E-state index in [-0.39, 0.29) is 11.2 Å². The standard InChI is InChI=1S/C20H25ClN4OS/c1-14-8-9-17(12-18(14)21)25-13-23-24-20(25)27-15(2)19(26)22-11-10-16-6-4-3-5-7-16/h6,8-9,12-13,15H,3-5,7,10-11H2,1-2H3,(H,22,26). The van der Waals surface area contributed by atoms with Crippen LogP contribution in [0.4, 0.5) is 0 Å². The van der Waals surface area contributed by atoms with E-state index in [1.54, 1.807) is 6.33 Å². The number of benzene rings is 1. The predicted molar refractivity (Wildman–Crippen MR) is 111 cm³/mol. The highest BCUT2D eigenvalue weighted by Gasteiger charge is 2.18. The molecule has 0 saturated heterocycles. The van der Waals surface area contributed by atoms with Crippen LogP contribution in [0.2, 0.25) is 5.02 Å². The molecule has 0 fully saturated rings. The Hall–Kier alpha value is -1.79. The van der Waals surface area contributed by atoms with Crippen LogP contribution in [-0.2, 0) is 4.79 Å². The largest absolute Gasteiger partial charge is 0.355 e. The van der Waals surface area contributed by atoms with Crippen molar-refractivity contribution < 1.29 is 4.79 Å². The zero-order valence-corrected chi connectivity index (χ0v) is 17.3. The highest BCUT2D eigenvalue weighted by atomic mass is 35.5. The summed E-state index contributed by atoms with van der Waals surface area (Å²) in [5.41, 5.74) is 3.37. The number of hydrogen-bond acceptors (Lipinski definition) is 4. The third kappa shape index (κ3) is 5.36. The van der Waals surface area contributed by atoms with Crippen LogP contribution >= 0.6 is 23.4 Å². The van der Waals surface area contributed by atoms with Crippen LogP contribution in [0.25, 0.3) is 5.69 Å². The fraction of sp³-hybridized carbons (Fsp3) is 0.450. The van der Waals surface area contributed by atoms with E-state index in [4.69, 9.17) is 11.6 Å². The summed E-state index contributed by atoms with van der Waals surface area (Å²) in [5, 5.41) is 12.3. The fourth-order valence-electron chi connectivity index (χ4n) is 3.05. The lowest BCUT2D eigenvalue weighted by molar-refractivity contribution is -0.120. The van der Waals surface area contributed by atoms with Gasteiger partial charge in [0.25, 0.3) is 0 Å². The van der Waals surface area contributed by atoms with Crippen LogP contribution < -0.4 is 5.32 Å². The molecular weight excluding hydrogens is 380 g/mol. The van der Waals surface area contributed by atoms with Crippen molar-refractivity contribution in [1.29, 1.82) is 0 Å². The van der Waals surface area contributed by atoms with Gasteiger partial charge in [0, 0.05) is 11.6 Å². The average Bonchev–Trinajstić information content (AvgIpc) is 3.13. The smallest absolute Gasteiger partial charge is 0.233 e. The number of halogens is 1. The van der Waals surface area contributed by atoms with Gasteiger partial charge in [-0.1, -0.05) is 41.1 Å². The molecule has 1 amide bonds. The lowest BCUT2D eigenvalue weighted by atomic mass is 9.97. The molecule has 144 valence electrons. The minimum atomic E-state index is -0.255. The monoisotopic (exact) mass is 404 g/mol. The molecule has 3 rings (SSSR count). The van der Waals surface area contributed by atoms with Crippen molar-refractivity contribution in [2.24, 2.45) is 0 Å². The lowest BCUT2D eigenvalue weighted by Crippen LogP contribution is -2.32. The van der Waals surface area contributed by atoms with Crippen molar-refractivity contribution in [3.63, 3.8) is 0 Å². The van der Waals surface area contributed by atoms with E-state index in [0.717, 1.165) is 17.7 Å². The van der Waals surface area contributed by atoms with E-state index < -0.39 is 0 Å². The molecule has 1 aromatic heterocycles. The van der Waals surface area contributed by atoms with Gasteiger partial charge in [-0.15, -0.1) is 10.2 Å². The Balaban J connectivity index is 1.57. The molecule has 0 aliphatic heterocycles. The molecule has 1 N–H and O–H groups in total. The number of carbonyl (C=O) groups is 1. The first kappa shape index (κ1) is 20.0. The van der Waals surface area contributed by atoms with Crippen molar-refractivity contribution >= 4 is 29.3 Å². The summed E-state index contributed by atoms with van der Waals surface area (Å²) in [7, 11) is 0. The molecule has 1 aromatic carbocycles. The van der Waals surface area contributed by atoms with Crippen LogP contribution in [0.5, 0.6) is 0 Å². The number of aryl methyl sites for hydroxylation is 1. The second-order valence-electron chi connectivity index (χ2n) is 6.83. The summed E-state index contributed by atoms with van der Waals surface area (Å²) in [6, 6.07) is 5.81. The van der Waals surface area contributed by atoms with Crippen LogP contribution in [0.3, 0.4) is 0 Å². The highest BCUT2D eigenvalue weighted by molar-refractivity contribution is 8.00. The molecule has 1 aliphatic rings. The van der Waals surface area contributed by atoms with Crippen LogP contribution in [0.15, 0.2) is 41.3 Å². The van der Waals surface area contributed by atoms with Gasteiger partial charge in [0.1, 0.15) is 6.33 Å². The number of aromatic nitrogens is 3. The van der Waals surface area contributed by atoms with Crippen molar-refractivity contribution in [3.05, 3.63) is 46.8 Å². The average molecular weight is 405 g/mol. The van der Waals surface area contributed by atoms with Gasteiger partial charge in [-0.05, 0) is 63.6 Å². The Morgan fingerprint density at radius 3 is 3.00 bits per heavy atom. The number of nitrogens with zero attached hydrogens (tertiary/aromatic N) is 3. The summed E-state index contributed by atoms with van der Waals surface area (Å²) in [5.74, 6) is 0.0212. The summed E-state index contributed by atoms with van der Waals surface area (Å²) in [4.78, 5) is 12.4. The SMILES string of the molecule is Cc1ccc(-n2cnnc2SC(C)C(=O)NCCC2=CCCCC2)cc1Cl. The summed E-state index contributed by atoms with van der Waals surface area (Å²) in [6.07, 6.45) is 9.81. The molecule has 0 radical (unpaired) electrons. The van der Waals surface area contributed by atoms with Gasteiger partial charge in [-0.25, -0.2) is 0 Å². The quantitative estimate of drug-likeness (QED) is 0.536. The van der Waals surface area contributed by atoms with Gasteiger partial charge >= 0.3 is 0 Å². The number of allylic oxidation sites excluding steroid dienone is 1. The number of carbonyl (C=O) groups excluding carboxylic acids is 1. The van der Waals surface area contributed by atoms with Crippen LogP contribution in [0, 0.1) is 6.92 Å². The van der Waals surface area contributed by atoms with Crippen molar-refractivity contribution in [1.82, 2.24) is 20.1 Å². The summed E-state index contributed by atoms with van der Waals surface area (Å²) >= 11 is 7.63. The maximum absolute atomic E-state index is 12.4. The maximum Gasteiger partial charge on any atom is 0.233 e. The second kappa shape index (κ2) is 9.42. The number of amides is 1. The number of nitrogens with one attached hydrogen (secondary N) is 1. The minimum Gasteiger partial charge on any atom is -0.355 e. The minimum absolute atomic E-state index is 0.0212. The first-order chi connectivity index (χ1) is 13.0. The molecule has 27 heavy (non-hydrogen) atoms. The second-order valence-corrected chi connectivity index (χ2v) is 8.54. The highest BCUT2D eigenvalue weighted by Crippen LogP contribution is 2.26. The molecule has 2 aromatic rings. The van der Waals surface area contributed by atoms with E-state index in [0.29, 0.717) is 16.7 Å². The van der Waals surface area contributed by atoms with E-state index in [2.05, 4.69) is 21.6 Å². The van der Waals surface area contributed by atoms with Gasteiger partial charge in [0.15, 0.2) is 5.16 Å². The number of hydrogen-bond donors (Lipinski definition) is 1. The van der Waals surface area contributed by atoms with Gasteiger partial charge in [-0.2, -0.15) is 0 Å². The molecule has 0 spiro atoms.